The van der Waals surface area contributed by atoms with Crippen molar-refractivity contribution in [1.29, 1.82) is 10.5 Å². The van der Waals surface area contributed by atoms with Gasteiger partial charge in [-0.3, -0.25) is 29.9 Å². The van der Waals surface area contributed by atoms with Gasteiger partial charge in [0.15, 0.2) is 5.84 Å². The van der Waals surface area contributed by atoms with Crippen LogP contribution in [-0.2, 0) is 14.4 Å². The average molecular weight is 659 g/mol. The van der Waals surface area contributed by atoms with Crippen LogP contribution in [0.4, 0.5) is 17.1 Å². The number of hydrazine groups is 1. The number of para-hydroxylation sites is 1. The molecule has 13 nitrogen and oxygen atoms in total. The van der Waals surface area contributed by atoms with Crippen molar-refractivity contribution in [2.75, 3.05) is 23.3 Å². The predicted molar refractivity (Wildman–Crippen MR) is 171 cm³/mol. The molecule has 1 aliphatic rings. The third-order valence-electron chi connectivity index (χ3n) is 6.52. The fourth-order valence-electron chi connectivity index (χ4n) is 4.35. The lowest BCUT2D eigenvalue weighted by molar-refractivity contribution is -0.384. The highest BCUT2D eigenvalue weighted by Crippen LogP contribution is 2.29. The molecule has 0 unspecified atom stereocenters. The number of nitrogens with zero attached hydrogens (tertiary/aromatic N) is 6. The number of aliphatic imine (C=N–C) groups is 1. The van der Waals surface area contributed by atoms with Gasteiger partial charge in [0.2, 0.25) is 11.8 Å². The molecule has 0 bridgehead atoms. The zero-order chi connectivity index (χ0) is 33.2. The topological polar surface area (TPSA) is 185 Å². The second-order valence-electron chi connectivity index (χ2n) is 9.66. The predicted octanol–water partition coefficient (Wildman–Crippen LogP) is 5.23. The summed E-state index contributed by atoms with van der Waals surface area (Å²) in [5.74, 6) is -2.57. The SMILES string of the molecule is N#CCCN(CCC#N)c1ccc(C=C2N=C(c3cc([N+](=O)[O-])ccc3Cl)N(NC(=O)CC(=O)Nc3ccccc3Cl)C2=O)cc1. The van der Waals surface area contributed by atoms with Gasteiger partial charge in [0.1, 0.15) is 12.1 Å². The molecule has 3 aromatic carbocycles. The van der Waals surface area contributed by atoms with Gasteiger partial charge in [-0.05, 0) is 42.0 Å². The molecule has 232 valence electrons. The van der Waals surface area contributed by atoms with Gasteiger partial charge >= 0.3 is 0 Å². The molecule has 0 saturated heterocycles. The third-order valence-corrected chi connectivity index (χ3v) is 7.18. The number of hydrogen-bond donors (Lipinski definition) is 2. The fourth-order valence-corrected chi connectivity index (χ4v) is 4.73. The van der Waals surface area contributed by atoms with Crippen LogP contribution in [0.2, 0.25) is 10.0 Å². The molecule has 0 radical (unpaired) electrons. The number of benzene rings is 3. The highest BCUT2D eigenvalue weighted by molar-refractivity contribution is 6.36. The van der Waals surface area contributed by atoms with Crippen LogP contribution >= 0.6 is 23.2 Å². The smallest absolute Gasteiger partial charge is 0.297 e. The number of non-ortho nitro benzene ring substituents is 1. The minimum Gasteiger partial charge on any atom is -0.369 e. The minimum absolute atomic E-state index is 0.00518. The average Bonchev–Trinajstić information content (AvgIpc) is 3.32. The van der Waals surface area contributed by atoms with E-state index in [1.807, 2.05) is 4.90 Å². The highest BCUT2D eigenvalue weighted by Gasteiger charge is 2.35. The Morgan fingerprint density at radius 2 is 1.65 bits per heavy atom. The normalized spacial score (nSPS) is 13.0. The monoisotopic (exact) mass is 658 g/mol. The Labute approximate surface area is 273 Å². The van der Waals surface area contributed by atoms with Gasteiger partial charge in [0.25, 0.3) is 11.6 Å². The number of nitrogens with one attached hydrogen (secondary N) is 2. The van der Waals surface area contributed by atoms with E-state index in [-0.39, 0.29) is 45.7 Å². The van der Waals surface area contributed by atoms with E-state index in [2.05, 4.69) is 27.9 Å². The maximum Gasteiger partial charge on any atom is 0.297 e. The molecule has 1 heterocycles. The van der Waals surface area contributed by atoms with E-state index in [0.717, 1.165) is 16.8 Å². The van der Waals surface area contributed by atoms with Crippen molar-refractivity contribution in [2.24, 2.45) is 4.99 Å². The molecule has 15 heteroatoms. The minimum atomic E-state index is -0.882. The van der Waals surface area contributed by atoms with E-state index in [0.29, 0.717) is 24.3 Å². The van der Waals surface area contributed by atoms with Crippen LogP contribution in [0, 0.1) is 32.8 Å². The number of rotatable bonds is 12. The van der Waals surface area contributed by atoms with Crippen LogP contribution in [0.5, 0.6) is 0 Å². The third kappa shape index (κ3) is 8.24. The lowest BCUT2D eigenvalue weighted by Crippen LogP contribution is -2.48. The zero-order valence-electron chi connectivity index (χ0n) is 23.9. The van der Waals surface area contributed by atoms with E-state index < -0.39 is 29.1 Å². The summed E-state index contributed by atoms with van der Waals surface area (Å²) in [5.41, 5.74) is 3.50. The van der Waals surface area contributed by atoms with Gasteiger partial charge in [0.05, 0.1) is 45.6 Å². The van der Waals surface area contributed by atoms with Crippen molar-refractivity contribution in [3.05, 3.63) is 104 Å². The summed E-state index contributed by atoms with van der Waals surface area (Å²) < 4.78 is 0. The number of nitriles is 2. The van der Waals surface area contributed by atoms with Gasteiger partial charge in [-0.2, -0.15) is 15.5 Å². The Bertz CT molecular complexity index is 1810. The van der Waals surface area contributed by atoms with E-state index in [9.17, 15) is 24.5 Å². The van der Waals surface area contributed by atoms with Gasteiger partial charge in [-0.25, -0.2) is 4.99 Å². The first kappa shape index (κ1) is 33.1. The number of anilines is 2. The maximum absolute atomic E-state index is 13.6. The molecule has 46 heavy (non-hydrogen) atoms. The number of nitro benzene ring substituents is 1. The Kier molecular flexibility index (Phi) is 11.0. The molecule has 0 atom stereocenters. The number of amidine groups is 1. The standard InChI is InChI=1S/C31H24Cl2N8O5/c32-24-12-11-22(41(45)46)18-23(24)30-37-27(17-20-7-9-21(10-8-20)39(15-3-13-34)16-4-14-35)31(44)40(30)38-29(43)19-28(42)36-26-6-2-1-5-25(26)33/h1-2,5-12,17-18H,3-4,15-16,19H2,(H,36,42)(H,38,43). The van der Waals surface area contributed by atoms with Crippen LogP contribution in [0.3, 0.4) is 0 Å². The second-order valence-corrected chi connectivity index (χ2v) is 10.5. The first-order valence-corrected chi connectivity index (χ1v) is 14.4. The Hall–Kier alpha value is -5.76. The van der Waals surface area contributed by atoms with Crippen LogP contribution in [0.25, 0.3) is 6.08 Å². The molecular weight excluding hydrogens is 635 g/mol. The lowest BCUT2D eigenvalue weighted by Gasteiger charge is -2.22. The molecular formula is C31H24Cl2N8O5. The van der Waals surface area contributed by atoms with E-state index in [1.165, 1.54) is 18.2 Å². The quantitative estimate of drug-likeness (QED) is 0.115. The van der Waals surface area contributed by atoms with Crippen molar-refractivity contribution in [1.82, 2.24) is 10.4 Å². The number of nitro groups is 1. The van der Waals surface area contributed by atoms with Crippen LogP contribution < -0.4 is 15.6 Å². The molecule has 0 saturated carbocycles. The first-order chi connectivity index (χ1) is 22.1. The van der Waals surface area contributed by atoms with Crippen molar-refractivity contribution in [3.8, 4) is 12.1 Å². The molecule has 0 spiro atoms. The fraction of sp³-hybridized carbons (Fsp3) is 0.161. The molecule has 1 aliphatic heterocycles. The molecule has 4 rings (SSSR count). The van der Waals surface area contributed by atoms with Crippen molar-refractivity contribution < 1.29 is 19.3 Å². The molecule has 3 aromatic rings. The van der Waals surface area contributed by atoms with Gasteiger partial charge < -0.3 is 10.2 Å². The van der Waals surface area contributed by atoms with E-state index >= 15 is 0 Å². The van der Waals surface area contributed by atoms with Gasteiger partial charge in [-0.1, -0.05) is 47.5 Å². The Morgan fingerprint density at radius 3 is 2.28 bits per heavy atom. The molecule has 0 aromatic heterocycles. The van der Waals surface area contributed by atoms with Crippen LogP contribution in [0.1, 0.15) is 30.4 Å². The highest BCUT2D eigenvalue weighted by atomic mass is 35.5. The summed E-state index contributed by atoms with van der Waals surface area (Å²) >= 11 is 12.4. The van der Waals surface area contributed by atoms with Crippen molar-refractivity contribution in [2.45, 2.75) is 19.3 Å². The number of amides is 3. The molecule has 3 amide bonds. The molecule has 0 aliphatic carbocycles. The van der Waals surface area contributed by atoms with Gasteiger partial charge in [-0.15, -0.1) is 0 Å². The second kappa shape index (κ2) is 15.3. The first-order valence-electron chi connectivity index (χ1n) is 13.6. The van der Waals surface area contributed by atoms with E-state index in [1.54, 1.807) is 48.5 Å². The van der Waals surface area contributed by atoms with Crippen LogP contribution in [-0.4, -0.2) is 46.6 Å². The number of carbonyl (C=O) groups is 3. The summed E-state index contributed by atoms with van der Waals surface area (Å²) in [6, 6.07) is 21.1. The summed E-state index contributed by atoms with van der Waals surface area (Å²) in [6.45, 7) is 0.861. The Balaban J connectivity index is 1.62. The van der Waals surface area contributed by atoms with Gasteiger partial charge in [0, 0.05) is 36.5 Å². The van der Waals surface area contributed by atoms with Crippen LogP contribution in [0.15, 0.2) is 77.4 Å². The maximum atomic E-state index is 13.6. The summed E-state index contributed by atoms with van der Waals surface area (Å²) in [7, 11) is 0. The lowest BCUT2D eigenvalue weighted by atomic mass is 10.1. The number of halogens is 2. The van der Waals surface area contributed by atoms with E-state index in [4.69, 9.17) is 33.7 Å². The molecule has 0 fully saturated rings. The number of carbonyl (C=O) groups excluding carboxylic acids is 3. The van der Waals surface area contributed by atoms with Crippen molar-refractivity contribution >= 4 is 69.9 Å². The Morgan fingerprint density at radius 1 is 0.978 bits per heavy atom. The summed E-state index contributed by atoms with van der Waals surface area (Å²) in [6.07, 6.45) is 1.29. The summed E-state index contributed by atoms with van der Waals surface area (Å²) in [5, 5.41) is 33.0. The van der Waals surface area contributed by atoms with Crippen molar-refractivity contribution in [3.63, 3.8) is 0 Å². The summed E-state index contributed by atoms with van der Waals surface area (Å²) in [4.78, 5) is 56.1. The molecule has 2 N–H and O–H groups in total. The largest absolute Gasteiger partial charge is 0.369 e. The number of hydrogen-bond acceptors (Lipinski definition) is 9. The zero-order valence-corrected chi connectivity index (χ0v) is 25.5.